The molecule has 0 radical (unpaired) electrons. The van der Waals surface area contributed by atoms with Gasteiger partial charge in [-0.2, -0.15) is 0 Å². The number of fused-ring (bicyclic) bond motifs is 1. The minimum Gasteiger partial charge on any atom is -0.477 e. The number of carbonyl (C=O) groups is 1. The minimum absolute atomic E-state index is 0.00214. The van der Waals surface area contributed by atoms with E-state index >= 15 is 0 Å². The lowest BCUT2D eigenvalue weighted by atomic mass is 10.2. The first-order chi connectivity index (χ1) is 7.54. The Morgan fingerprint density at radius 2 is 2.19 bits per heavy atom. The Hall–Kier alpha value is -1.55. The van der Waals surface area contributed by atoms with Crippen LogP contribution in [0.1, 0.15) is 17.4 Å². The van der Waals surface area contributed by atoms with E-state index in [1.54, 1.807) is 6.92 Å². The van der Waals surface area contributed by atoms with Crippen LogP contribution >= 0.6 is 11.6 Å². The Labute approximate surface area is 96.1 Å². The molecule has 0 fully saturated rings. The molecule has 0 saturated carbocycles. The summed E-state index contributed by atoms with van der Waals surface area (Å²) in [6, 6.07) is 4.19. The largest absolute Gasteiger partial charge is 0.477 e. The lowest BCUT2D eigenvalue weighted by Gasteiger charge is -2.04. The first kappa shape index (κ1) is 11.0. The number of nitrogens with zero attached hydrogens (tertiary/aromatic N) is 1. The standard InChI is InChI=1S/C11H9ClFNO2/c1-2-14-9-5-8(13)7(12)3-6(9)4-10(14)11(15)16/h3-5H,2H2,1H3,(H,15,16). The SMILES string of the molecule is CCn1c(C(=O)O)cc2cc(Cl)c(F)cc21. The highest BCUT2D eigenvalue weighted by atomic mass is 35.5. The zero-order valence-corrected chi connectivity index (χ0v) is 9.25. The van der Waals surface area contributed by atoms with Crippen molar-refractivity contribution in [2.45, 2.75) is 13.5 Å². The van der Waals surface area contributed by atoms with Crippen LogP contribution in [0.5, 0.6) is 0 Å². The van der Waals surface area contributed by atoms with Gasteiger partial charge in [-0.05, 0) is 25.1 Å². The second-order valence-corrected chi connectivity index (χ2v) is 3.81. The lowest BCUT2D eigenvalue weighted by Crippen LogP contribution is -2.06. The minimum atomic E-state index is -1.03. The number of carboxylic acid groups (broad SMARTS) is 1. The maximum absolute atomic E-state index is 13.3. The Morgan fingerprint density at radius 3 is 2.75 bits per heavy atom. The molecule has 5 heteroatoms. The topological polar surface area (TPSA) is 42.2 Å². The van der Waals surface area contributed by atoms with Crippen molar-refractivity contribution in [2.75, 3.05) is 0 Å². The fourth-order valence-electron chi connectivity index (χ4n) is 1.77. The van der Waals surface area contributed by atoms with Gasteiger partial charge in [0, 0.05) is 11.9 Å². The summed E-state index contributed by atoms with van der Waals surface area (Å²) in [7, 11) is 0. The normalized spacial score (nSPS) is 10.9. The van der Waals surface area contributed by atoms with E-state index in [2.05, 4.69) is 0 Å². The molecule has 2 rings (SSSR count). The zero-order valence-electron chi connectivity index (χ0n) is 8.50. The molecule has 1 aromatic heterocycles. The van der Waals surface area contributed by atoms with Crippen LogP contribution in [0.25, 0.3) is 10.9 Å². The molecule has 0 bridgehead atoms. The molecule has 0 amide bonds. The van der Waals surface area contributed by atoms with Gasteiger partial charge < -0.3 is 9.67 Å². The molecule has 84 valence electrons. The van der Waals surface area contributed by atoms with E-state index in [0.717, 1.165) is 0 Å². The van der Waals surface area contributed by atoms with Crippen LogP contribution in [-0.4, -0.2) is 15.6 Å². The summed E-state index contributed by atoms with van der Waals surface area (Å²) in [5, 5.41) is 9.62. The smallest absolute Gasteiger partial charge is 0.352 e. The van der Waals surface area contributed by atoms with Crippen molar-refractivity contribution < 1.29 is 14.3 Å². The van der Waals surface area contributed by atoms with Crippen molar-refractivity contribution in [3.63, 3.8) is 0 Å². The first-order valence-electron chi connectivity index (χ1n) is 4.76. The summed E-state index contributed by atoms with van der Waals surface area (Å²) >= 11 is 5.64. The van der Waals surface area contributed by atoms with Gasteiger partial charge in [-0.3, -0.25) is 0 Å². The molecule has 2 aromatic rings. The van der Waals surface area contributed by atoms with Crippen LogP contribution in [0.4, 0.5) is 4.39 Å². The first-order valence-corrected chi connectivity index (χ1v) is 5.14. The lowest BCUT2D eigenvalue weighted by molar-refractivity contribution is 0.0686. The predicted molar refractivity (Wildman–Crippen MR) is 59.5 cm³/mol. The maximum Gasteiger partial charge on any atom is 0.352 e. The van der Waals surface area contributed by atoms with Crippen LogP contribution in [0, 0.1) is 5.82 Å². The predicted octanol–water partition coefficient (Wildman–Crippen LogP) is 3.15. The van der Waals surface area contributed by atoms with E-state index in [-0.39, 0.29) is 10.7 Å². The molecule has 3 nitrogen and oxygen atoms in total. The van der Waals surface area contributed by atoms with E-state index in [4.69, 9.17) is 16.7 Å². The highest BCUT2D eigenvalue weighted by molar-refractivity contribution is 6.31. The number of aromatic nitrogens is 1. The van der Waals surface area contributed by atoms with Crippen LogP contribution < -0.4 is 0 Å². The molecule has 0 aliphatic rings. The Balaban J connectivity index is 2.82. The van der Waals surface area contributed by atoms with Gasteiger partial charge >= 0.3 is 5.97 Å². The van der Waals surface area contributed by atoms with Crippen molar-refractivity contribution in [1.82, 2.24) is 4.57 Å². The van der Waals surface area contributed by atoms with Crippen LogP contribution in [0.2, 0.25) is 5.02 Å². The summed E-state index contributed by atoms with van der Waals surface area (Å²) in [5.74, 6) is -1.58. The Morgan fingerprint density at radius 1 is 1.50 bits per heavy atom. The van der Waals surface area contributed by atoms with Crippen LogP contribution in [0.15, 0.2) is 18.2 Å². The van der Waals surface area contributed by atoms with Crippen molar-refractivity contribution in [3.8, 4) is 0 Å². The quantitative estimate of drug-likeness (QED) is 0.878. The van der Waals surface area contributed by atoms with Crippen molar-refractivity contribution >= 4 is 28.5 Å². The van der Waals surface area contributed by atoms with Gasteiger partial charge in [-0.15, -0.1) is 0 Å². The molecule has 0 saturated heterocycles. The summed E-state index contributed by atoms with van der Waals surface area (Å²) in [4.78, 5) is 11.0. The van der Waals surface area contributed by atoms with Crippen LogP contribution in [-0.2, 0) is 6.54 Å². The fraction of sp³-hybridized carbons (Fsp3) is 0.182. The number of benzene rings is 1. The Bertz CT molecular complexity index is 577. The summed E-state index contributed by atoms with van der Waals surface area (Å²) < 4.78 is 14.8. The van der Waals surface area contributed by atoms with Crippen molar-refractivity contribution in [3.05, 3.63) is 34.7 Å². The zero-order chi connectivity index (χ0) is 11.9. The molecule has 0 unspecified atom stereocenters. The van der Waals surface area contributed by atoms with E-state index in [0.29, 0.717) is 17.4 Å². The summed E-state index contributed by atoms with van der Waals surface area (Å²) in [5.41, 5.74) is 0.681. The molecule has 0 spiro atoms. The van der Waals surface area contributed by atoms with Gasteiger partial charge in [-0.1, -0.05) is 11.6 Å². The van der Waals surface area contributed by atoms with Gasteiger partial charge in [0.05, 0.1) is 10.5 Å². The number of carboxylic acids is 1. The van der Waals surface area contributed by atoms with Crippen molar-refractivity contribution in [1.29, 1.82) is 0 Å². The molecule has 0 aliphatic carbocycles. The number of hydrogen-bond donors (Lipinski definition) is 1. The van der Waals surface area contributed by atoms with E-state index in [9.17, 15) is 9.18 Å². The summed E-state index contributed by atoms with van der Waals surface area (Å²) in [6.45, 7) is 2.27. The van der Waals surface area contributed by atoms with E-state index in [1.165, 1.54) is 22.8 Å². The average Bonchev–Trinajstić information content (AvgIpc) is 2.57. The average molecular weight is 242 g/mol. The van der Waals surface area contributed by atoms with Gasteiger partial charge in [-0.25, -0.2) is 9.18 Å². The second-order valence-electron chi connectivity index (χ2n) is 3.40. The third-order valence-corrected chi connectivity index (χ3v) is 2.77. The van der Waals surface area contributed by atoms with Crippen LogP contribution in [0.3, 0.4) is 0 Å². The number of aromatic carboxylic acids is 1. The molecule has 16 heavy (non-hydrogen) atoms. The Kier molecular flexibility index (Phi) is 2.59. The highest BCUT2D eigenvalue weighted by Crippen LogP contribution is 2.26. The molecule has 1 aromatic carbocycles. The number of halogens is 2. The molecule has 1 heterocycles. The van der Waals surface area contributed by atoms with Gasteiger partial charge in [0.1, 0.15) is 11.5 Å². The summed E-state index contributed by atoms with van der Waals surface area (Å²) in [6.07, 6.45) is 0. The molecule has 0 aliphatic heterocycles. The third kappa shape index (κ3) is 1.55. The highest BCUT2D eigenvalue weighted by Gasteiger charge is 2.15. The third-order valence-electron chi connectivity index (χ3n) is 2.48. The van der Waals surface area contributed by atoms with Gasteiger partial charge in [0.25, 0.3) is 0 Å². The molecular weight excluding hydrogens is 233 g/mol. The molecule has 0 atom stereocenters. The number of aryl methyl sites for hydroxylation is 1. The fourth-order valence-corrected chi connectivity index (χ4v) is 1.95. The van der Waals surface area contributed by atoms with E-state index < -0.39 is 11.8 Å². The van der Waals surface area contributed by atoms with Gasteiger partial charge in [0.2, 0.25) is 0 Å². The monoisotopic (exact) mass is 241 g/mol. The number of rotatable bonds is 2. The van der Waals surface area contributed by atoms with E-state index in [1.807, 2.05) is 0 Å². The van der Waals surface area contributed by atoms with Crippen molar-refractivity contribution in [2.24, 2.45) is 0 Å². The van der Waals surface area contributed by atoms with Gasteiger partial charge in [0.15, 0.2) is 0 Å². The maximum atomic E-state index is 13.3. The molecular formula is C11H9ClFNO2. The number of hydrogen-bond acceptors (Lipinski definition) is 1. The molecule has 1 N–H and O–H groups in total. The second kappa shape index (κ2) is 3.79.